The Bertz CT molecular complexity index is 609. The van der Waals surface area contributed by atoms with Gasteiger partial charge in [-0.2, -0.15) is 13.2 Å². The zero-order chi connectivity index (χ0) is 14.9. The molecule has 0 bridgehead atoms. The summed E-state index contributed by atoms with van der Waals surface area (Å²) in [5.41, 5.74) is -1.08. The minimum Gasteiger partial charge on any atom is -0.448 e. The first-order chi connectivity index (χ1) is 9.32. The van der Waals surface area contributed by atoms with Crippen molar-refractivity contribution in [3.63, 3.8) is 0 Å². The molecule has 0 fully saturated rings. The quantitative estimate of drug-likeness (QED) is 0.850. The molecule has 2 nitrogen and oxygen atoms in total. The van der Waals surface area contributed by atoms with Crippen molar-refractivity contribution in [2.45, 2.75) is 12.2 Å². The number of hydrogen-bond donors (Lipinski definition) is 1. The summed E-state index contributed by atoms with van der Waals surface area (Å²) in [5.74, 6) is -0.967. The summed E-state index contributed by atoms with van der Waals surface area (Å²) < 4.78 is 56.5. The number of furan rings is 1. The maximum absolute atomic E-state index is 13.3. The Morgan fingerprint density at radius 3 is 2.40 bits per heavy atom. The van der Waals surface area contributed by atoms with Crippen LogP contribution in [0.5, 0.6) is 0 Å². The van der Waals surface area contributed by atoms with Crippen LogP contribution >= 0.6 is 11.6 Å². The predicted molar refractivity (Wildman–Crippen MR) is 66.0 cm³/mol. The van der Waals surface area contributed by atoms with E-state index in [1.807, 2.05) is 0 Å². The minimum absolute atomic E-state index is 0.124. The average molecular weight is 308 g/mol. The Kier molecular flexibility index (Phi) is 4.06. The first-order valence-corrected chi connectivity index (χ1v) is 6.00. The molecule has 7 heteroatoms. The predicted octanol–water partition coefficient (Wildman–Crippen LogP) is 4.40. The lowest BCUT2D eigenvalue weighted by Crippen LogP contribution is -2.18. The molecular formula is C13H10ClF4NO. The van der Waals surface area contributed by atoms with Crippen molar-refractivity contribution in [2.24, 2.45) is 0 Å². The molecule has 0 saturated heterocycles. The highest BCUT2D eigenvalue weighted by atomic mass is 35.5. The monoisotopic (exact) mass is 307 g/mol. The summed E-state index contributed by atoms with van der Waals surface area (Å²) in [6.07, 6.45) is -4.75. The molecule has 0 aliphatic carbocycles. The molecule has 2 aromatic rings. The van der Waals surface area contributed by atoms with Gasteiger partial charge in [0.2, 0.25) is 0 Å². The van der Waals surface area contributed by atoms with E-state index >= 15 is 0 Å². The average Bonchev–Trinajstić information content (AvgIpc) is 2.77. The van der Waals surface area contributed by atoms with Crippen LogP contribution in [0.3, 0.4) is 0 Å². The third kappa shape index (κ3) is 2.96. The van der Waals surface area contributed by atoms with E-state index in [0.717, 1.165) is 12.1 Å². The first kappa shape index (κ1) is 14.9. The van der Waals surface area contributed by atoms with Crippen LogP contribution in [-0.2, 0) is 6.18 Å². The van der Waals surface area contributed by atoms with Crippen molar-refractivity contribution in [3.05, 3.63) is 58.3 Å². The Labute approximate surface area is 117 Å². The Morgan fingerprint density at radius 1 is 1.20 bits per heavy atom. The molecule has 1 aromatic heterocycles. The fourth-order valence-electron chi connectivity index (χ4n) is 1.90. The summed E-state index contributed by atoms with van der Waals surface area (Å²) >= 11 is 5.64. The van der Waals surface area contributed by atoms with Gasteiger partial charge in [-0.15, -0.1) is 0 Å². The molecule has 1 heterocycles. The summed E-state index contributed by atoms with van der Waals surface area (Å²) in [6.45, 7) is 0. The third-order valence-corrected chi connectivity index (χ3v) is 3.00. The molecule has 1 aromatic carbocycles. The Hall–Kier alpha value is -1.53. The number of halogens is 5. The topological polar surface area (TPSA) is 25.2 Å². The lowest BCUT2D eigenvalue weighted by atomic mass is 10.0. The second-order valence-corrected chi connectivity index (χ2v) is 4.47. The van der Waals surface area contributed by atoms with E-state index in [1.54, 1.807) is 13.1 Å². The van der Waals surface area contributed by atoms with E-state index in [4.69, 9.17) is 16.0 Å². The van der Waals surface area contributed by atoms with Gasteiger partial charge in [-0.3, -0.25) is 0 Å². The molecule has 1 atom stereocenters. The zero-order valence-electron chi connectivity index (χ0n) is 10.3. The summed E-state index contributed by atoms with van der Waals surface area (Å²) in [6, 6.07) is 5.18. The van der Waals surface area contributed by atoms with Crippen LogP contribution in [0.2, 0.25) is 5.22 Å². The second kappa shape index (κ2) is 5.46. The molecule has 0 spiro atoms. The van der Waals surface area contributed by atoms with Gasteiger partial charge in [-0.05, 0) is 48.5 Å². The summed E-state index contributed by atoms with van der Waals surface area (Å²) in [4.78, 5) is 0. The van der Waals surface area contributed by atoms with Gasteiger partial charge in [-0.25, -0.2) is 4.39 Å². The molecule has 0 aliphatic rings. The van der Waals surface area contributed by atoms with Gasteiger partial charge in [0.05, 0.1) is 11.6 Å². The molecule has 0 aliphatic heterocycles. The largest absolute Gasteiger partial charge is 0.448 e. The highest BCUT2D eigenvalue weighted by Gasteiger charge is 2.35. The Morgan fingerprint density at radius 2 is 1.90 bits per heavy atom. The van der Waals surface area contributed by atoms with E-state index in [2.05, 4.69) is 5.32 Å². The fourth-order valence-corrected chi connectivity index (χ4v) is 2.05. The van der Waals surface area contributed by atoms with E-state index in [0.29, 0.717) is 5.76 Å². The molecular weight excluding hydrogens is 298 g/mol. The zero-order valence-corrected chi connectivity index (χ0v) is 11.0. The maximum atomic E-state index is 13.3. The van der Waals surface area contributed by atoms with Crippen molar-refractivity contribution in [2.75, 3.05) is 7.05 Å². The minimum atomic E-state index is -4.75. The smallest absolute Gasteiger partial charge is 0.419 e. The number of hydrogen-bond acceptors (Lipinski definition) is 2. The number of benzene rings is 1. The molecule has 2 rings (SSSR count). The van der Waals surface area contributed by atoms with Crippen LogP contribution in [0.15, 0.2) is 34.7 Å². The SMILES string of the molecule is CNC(c1ccc(F)c(C(F)(F)F)c1)c1ccc(Cl)o1. The molecule has 20 heavy (non-hydrogen) atoms. The molecule has 0 radical (unpaired) electrons. The van der Waals surface area contributed by atoms with Gasteiger partial charge in [0, 0.05) is 0 Å². The molecule has 1 unspecified atom stereocenters. The summed E-state index contributed by atoms with van der Waals surface area (Å²) in [7, 11) is 1.55. The molecule has 0 saturated carbocycles. The fraction of sp³-hybridized carbons (Fsp3) is 0.231. The van der Waals surface area contributed by atoms with Crippen LogP contribution in [0.1, 0.15) is 22.9 Å². The Balaban J connectivity index is 2.46. The van der Waals surface area contributed by atoms with Crippen molar-refractivity contribution < 1.29 is 22.0 Å². The van der Waals surface area contributed by atoms with Gasteiger partial charge in [-0.1, -0.05) is 6.07 Å². The highest BCUT2D eigenvalue weighted by Crippen LogP contribution is 2.34. The number of nitrogens with one attached hydrogen (secondary N) is 1. The highest BCUT2D eigenvalue weighted by molar-refractivity contribution is 6.28. The lowest BCUT2D eigenvalue weighted by molar-refractivity contribution is -0.140. The van der Waals surface area contributed by atoms with E-state index in [1.165, 1.54) is 12.1 Å². The van der Waals surface area contributed by atoms with Crippen molar-refractivity contribution >= 4 is 11.6 Å². The molecule has 0 amide bonds. The first-order valence-electron chi connectivity index (χ1n) is 5.62. The third-order valence-electron chi connectivity index (χ3n) is 2.80. The summed E-state index contributed by atoms with van der Waals surface area (Å²) in [5, 5.41) is 2.93. The van der Waals surface area contributed by atoms with Crippen LogP contribution in [0.25, 0.3) is 0 Å². The van der Waals surface area contributed by atoms with Crippen molar-refractivity contribution in [1.29, 1.82) is 0 Å². The second-order valence-electron chi connectivity index (χ2n) is 4.10. The maximum Gasteiger partial charge on any atom is 0.419 e. The normalized spacial score (nSPS) is 13.5. The van der Waals surface area contributed by atoms with Gasteiger partial charge < -0.3 is 9.73 Å². The number of alkyl halides is 3. The van der Waals surface area contributed by atoms with Crippen LogP contribution in [-0.4, -0.2) is 7.05 Å². The van der Waals surface area contributed by atoms with Crippen LogP contribution < -0.4 is 5.32 Å². The van der Waals surface area contributed by atoms with E-state index < -0.39 is 23.6 Å². The standard InChI is InChI=1S/C13H10ClF4NO/c1-19-12(10-4-5-11(14)20-10)7-2-3-9(15)8(6-7)13(16,17)18/h2-6,12,19H,1H3. The van der Waals surface area contributed by atoms with Gasteiger partial charge in [0.1, 0.15) is 11.6 Å². The van der Waals surface area contributed by atoms with Gasteiger partial charge in [0.25, 0.3) is 0 Å². The lowest BCUT2D eigenvalue weighted by Gasteiger charge is -2.16. The van der Waals surface area contributed by atoms with Crippen LogP contribution in [0.4, 0.5) is 17.6 Å². The van der Waals surface area contributed by atoms with Crippen molar-refractivity contribution in [3.8, 4) is 0 Å². The number of rotatable bonds is 3. The van der Waals surface area contributed by atoms with E-state index in [9.17, 15) is 17.6 Å². The van der Waals surface area contributed by atoms with Crippen molar-refractivity contribution in [1.82, 2.24) is 5.32 Å². The van der Waals surface area contributed by atoms with E-state index in [-0.39, 0.29) is 10.8 Å². The molecule has 1 N–H and O–H groups in total. The van der Waals surface area contributed by atoms with Gasteiger partial charge in [0.15, 0.2) is 5.22 Å². The van der Waals surface area contributed by atoms with Crippen LogP contribution in [0, 0.1) is 5.82 Å². The molecule has 108 valence electrons. The van der Waals surface area contributed by atoms with Gasteiger partial charge >= 0.3 is 6.18 Å².